The number of nitrogen functional groups attached to an aromatic ring is 2. The summed E-state index contributed by atoms with van der Waals surface area (Å²) in [5.41, 5.74) is 10.1. The molecular formula is C20H14F6N2O6. The lowest BCUT2D eigenvalue weighted by Crippen LogP contribution is -2.17. The van der Waals surface area contributed by atoms with Gasteiger partial charge in [-0.15, -0.1) is 26.3 Å². The quantitative estimate of drug-likeness (QED) is 0.198. The van der Waals surface area contributed by atoms with E-state index in [-0.39, 0.29) is 23.0 Å². The predicted octanol–water partition coefficient (Wildman–Crippen LogP) is 5.64. The number of alkyl halides is 6. The van der Waals surface area contributed by atoms with E-state index in [0.29, 0.717) is 0 Å². The third-order valence-electron chi connectivity index (χ3n) is 3.88. The molecule has 3 aromatic rings. The Kier molecular flexibility index (Phi) is 6.34. The molecule has 0 unspecified atom stereocenters. The zero-order valence-corrected chi connectivity index (χ0v) is 16.6. The number of ether oxygens (including phenoxy) is 4. The number of rotatable bonds is 6. The van der Waals surface area contributed by atoms with Gasteiger partial charge in [-0.05, 0) is 12.1 Å². The summed E-state index contributed by atoms with van der Waals surface area (Å²) in [6.07, 6.45) is -10.2. The van der Waals surface area contributed by atoms with Gasteiger partial charge < -0.3 is 40.6 Å². The number of nitrogens with two attached hydrogens (primary N) is 2. The number of aromatic hydroxyl groups is 2. The summed E-state index contributed by atoms with van der Waals surface area (Å²) in [5.74, 6) is -4.31. The molecule has 0 radical (unpaired) electrons. The number of anilines is 2. The molecule has 6 N–H and O–H groups in total. The summed E-state index contributed by atoms with van der Waals surface area (Å²) in [7, 11) is 0. The van der Waals surface area contributed by atoms with Crippen LogP contribution < -0.4 is 30.4 Å². The monoisotopic (exact) mass is 492 g/mol. The molecule has 0 spiro atoms. The minimum Gasteiger partial charge on any atom is -0.503 e. The first-order valence-corrected chi connectivity index (χ1v) is 8.92. The second-order valence-electron chi connectivity index (χ2n) is 6.49. The van der Waals surface area contributed by atoms with Gasteiger partial charge in [-0.2, -0.15) is 0 Å². The van der Waals surface area contributed by atoms with Crippen molar-refractivity contribution in [2.75, 3.05) is 11.5 Å². The molecule has 0 aromatic heterocycles. The molecular weight excluding hydrogens is 478 g/mol. The van der Waals surface area contributed by atoms with E-state index in [1.165, 1.54) is 24.3 Å². The summed E-state index contributed by atoms with van der Waals surface area (Å²) in [4.78, 5) is 0. The zero-order valence-electron chi connectivity index (χ0n) is 16.6. The summed E-state index contributed by atoms with van der Waals surface area (Å²) in [6, 6.07) is 8.95. The highest BCUT2D eigenvalue weighted by atomic mass is 19.4. The van der Waals surface area contributed by atoms with Crippen molar-refractivity contribution in [2.45, 2.75) is 12.7 Å². The van der Waals surface area contributed by atoms with Crippen LogP contribution in [0, 0.1) is 0 Å². The number of benzene rings is 3. The Hall–Kier alpha value is -4.36. The Labute approximate surface area is 186 Å². The van der Waals surface area contributed by atoms with Crippen molar-refractivity contribution in [1.29, 1.82) is 0 Å². The number of phenols is 2. The van der Waals surface area contributed by atoms with Crippen molar-refractivity contribution in [3.8, 4) is 46.0 Å². The summed E-state index contributed by atoms with van der Waals surface area (Å²) in [5, 5.41) is 19.3. The molecule has 0 atom stereocenters. The van der Waals surface area contributed by atoms with E-state index in [4.69, 9.17) is 20.9 Å². The molecule has 0 aliphatic rings. The van der Waals surface area contributed by atoms with Gasteiger partial charge in [0, 0.05) is 30.3 Å². The van der Waals surface area contributed by atoms with Crippen molar-refractivity contribution >= 4 is 11.4 Å². The smallest absolute Gasteiger partial charge is 0.503 e. The first kappa shape index (κ1) is 24.3. The van der Waals surface area contributed by atoms with Crippen LogP contribution in [-0.4, -0.2) is 22.9 Å². The van der Waals surface area contributed by atoms with Crippen molar-refractivity contribution in [3.05, 3.63) is 48.5 Å². The maximum absolute atomic E-state index is 12.5. The third-order valence-corrected chi connectivity index (χ3v) is 3.88. The van der Waals surface area contributed by atoms with E-state index < -0.39 is 47.1 Å². The zero-order chi connectivity index (χ0) is 25.3. The average molecular weight is 492 g/mol. The lowest BCUT2D eigenvalue weighted by atomic mass is 10.2. The molecule has 0 bridgehead atoms. The van der Waals surface area contributed by atoms with Gasteiger partial charge in [0.05, 0.1) is 11.4 Å². The van der Waals surface area contributed by atoms with Crippen LogP contribution in [0.5, 0.6) is 46.0 Å². The second kappa shape index (κ2) is 8.88. The molecule has 0 fully saturated rings. The molecule has 0 saturated heterocycles. The maximum Gasteiger partial charge on any atom is 0.573 e. The van der Waals surface area contributed by atoms with Gasteiger partial charge in [0.2, 0.25) is 0 Å². The molecule has 8 nitrogen and oxygen atoms in total. The fourth-order valence-electron chi connectivity index (χ4n) is 2.60. The lowest BCUT2D eigenvalue weighted by Gasteiger charge is -2.15. The first-order valence-electron chi connectivity index (χ1n) is 8.92. The average Bonchev–Trinajstić information content (AvgIpc) is 2.67. The Morgan fingerprint density at radius 3 is 1.32 bits per heavy atom. The first-order chi connectivity index (χ1) is 15.7. The Balaban J connectivity index is 1.84. The van der Waals surface area contributed by atoms with Crippen LogP contribution in [0.15, 0.2) is 48.5 Å². The second-order valence-corrected chi connectivity index (χ2v) is 6.49. The van der Waals surface area contributed by atoms with Gasteiger partial charge in [-0.1, -0.05) is 6.07 Å². The van der Waals surface area contributed by atoms with Crippen LogP contribution in [0.25, 0.3) is 0 Å². The van der Waals surface area contributed by atoms with Crippen molar-refractivity contribution in [2.24, 2.45) is 0 Å². The molecule has 14 heteroatoms. The molecule has 0 aliphatic heterocycles. The summed E-state index contributed by atoms with van der Waals surface area (Å²) < 4.78 is 93.4. The highest BCUT2D eigenvalue weighted by molar-refractivity contribution is 5.64. The van der Waals surface area contributed by atoms with Crippen molar-refractivity contribution in [3.63, 3.8) is 0 Å². The fourth-order valence-corrected chi connectivity index (χ4v) is 2.60. The number of phenolic OH excluding ortho intramolecular Hbond substituents is 2. The van der Waals surface area contributed by atoms with Gasteiger partial charge in [0.1, 0.15) is 23.0 Å². The number of halogens is 6. The normalized spacial score (nSPS) is 11.7. The van der Waals surface area contributed by atoms with E-state index in [9.17, 15) is 36.6 Å². The highest BCUT2D eigenvalue weighted by Crippen LogP contribution is 2.42. The predicted molar refractivity (Wildman–Crippen MR) is 105 cm³/mol. The van der Waals surface area contributed by atoms with E-state index in [1.54, 1.807) is 0 Å². The van der Waals surface area contributed by atoms with E-state index in [0.717, 1.165) is 24.3 Å². The minimum atomic E-state index is -5.10. The Bertz CT molecular complexity index is 1110. The highest BCUT2D eigenvalue weighted by Gasteiger charge is 2.34. The Morgan fingerprint density at radius 2 is 0.971 bits per heavy atom. The van der Waals surface area contributed by atoms with E-state index in [2.05, 4.69) is 9.47 Å². The minimum absolute atomic E-state index is 0.0130. The molecule has 0 saturated carbocycles. The van der Waals surface area contributed by atoms with E-state index in [1.807, 2.05) is 0 Å². The molecule has 0 amide bonds. The van der Waals surface area contributed by atoms with Crippen LogP contribution in [0.3, 0.4) is 0 Å². The molecule has 0 aliphatic carbocycles. The molecule has 0 heterocycles. The number of hydrogen-bond acceptors (Lipinski definition) is 8. The van der Waals surface area contributed by atoms with Crippen LogP contribution in [0.4, 0.5) is 37.7 Å². The lowest BCUT2D eigenvalue weighted by molar-refractivity contribution is -0.276. The molecule has 3 aromatic carbocycles. The fraction of sp³-hybridized carbons (Fsp3) is 0.100. The number of hydrogen-bond donors (Lipinski definition) is 4. The van der Waals surface area contributed by atoms with Gasteiger partial charge in [0.15, 0.2) is 23.0 Å². The van der Waals surface area contributed by atoms with Crippen LogP contribution in [0.2, 0.25) is 0 Å². The van der Waals surface area contributed by atoms with Gasteiger partial charge >= 0.3 is 12.7 Å². The van der Waals surface area contributed by atoms with Gasteiger partial charge in [-0.3, -0.25) is 0 Å². The van der Waals surface area contributed by atoms with Gasteiger partial charge in [-0.25, -0.2) is 0 Å². The third kappa shape index (κ3) is 6.34. The summed E-state index contributed by atoms with van der Waals surface area (Å²) >= 11 is 0. The van der Waals surface area contributed by atoms with Crippen LogP contribution in [-0.2, 0) is 0 Å². The molecule has 3 rings (SSSR count). The Morgan fingerprint density at radius 1 is 0.588 bits per heavy atom. The van der Waals surface area contributed by atoms with E-state index >= 15 is 0 Å². The van der Waals surface area contributed by atoms with Crippen LogP contribution >= 0.6 is 0 Å². The summed E-state index contributed by atoms with van der Waals surface area (Å²) in [6.45, 7) is 0. The molecule has 182 valence electrons. The standard InChI is InChI=1S/C20H14F6N2O6/c21-19(22,23)33-15-7-11(5-13(27)17(15)29)31-9-2-1-3-10(4-9)32-12-6-14(28)18(30)16(8-12)34-20(24,25)26/h1-8,29-30H,27-28H2. The van der Waals surface area contributed by atoms with Gasteiger partial charge in [0.25, 0.3) is 0 Å². The van der Waals surface area contributed by atoms with Crippen LogP contribution in [0.1, 0.15) is 0 Å². The van der Waals surface area contributed by atoms with Crippen molar-refractivity contribution in [1.82, 2.24) is 0 Å². The topological polar surface area (TPSA) is 129 Å². The maximum atomic E-state index is 12.5. The van der Waals surface area contributed by atoms with Crippen molar-refractivity contribution < 1.29 is 55.5 Å². The largest absolute Gasteiger partial charge is 0.573 e. The SMILES string of the molecule is Nc1cc(Oc2cccc(Oc3cc(N)c(O)c(OC(F)(F)F)c3)c2)cc(OC(F)(F)F)c1O. The molecule has 34 heavy (non-hydrogen) atoms.